The van der Waals surface area contributed by atoms with Crippen LogP contribution in [0.5, 0.6) is 11.5 Å². The number of methoxy groups -OCH3 is 2. The molecule has 0 unspecified atom stereocenters. The van der Waals surface area contributed by atoms with Crippen LogP contribution in [0.2, 0.25) is 0 Å². The topological polar surface area (TPSA) is 77.4 Å². The fourth-order valence-electron chi connectivity index (χ4n) is 2.73. The normalized spacial score (nSPS) is 16.3. The second-order valence-electron chi connectivity index (χ2n) is 6.04. The summed E-state index contributed by atoms with van der Waals surface area (Å²) in [5.41, 5.74) is 1.46. The first-order valence-electron chi connectivity index (χ1n) is 9.04. The molecule has 0 aromatic heterocycles. The van der Waals surface area contributed by atoms with Crippen LogP contribution in [0.4, 0.5) is 5.69 Å². The van der Waals surface area contributed by atoms with Gasteiger partial charge >= 0.3 is 5.97 Å². The van der Waals surface area contributed by atoms with Gasteiger partial charge in [0.1, 0.15) is 16.4 Å². The number of esters is 1. The Bertz CT molecular complexity index is 1050. The van der Waals surface area contributed by atoms with Crippen molar-refractivity contribution in [1.82, 2.24) is 0 Å². The molecule has 0 spiro atoms. The van der Waals surface area contributed by atoms with E-state index >= 15 is 0 Å². The maximum atomic E-state index is 12.5. The van der Waals surface area contributed by atoms with Crippen molar-refractivity contribution in [3.8, 4) is 11.5 Å². The molecule has 0 saturated carbocycles. The molecule has 1 heterocycles. The van der Waals surface area contributed by atoms with E-state index in [1.165, 1.54) is 11.8 Å². The zero-order valence-electron chi connectivity index (χ0n) is 16.6. The summed E-state index contributed by atoms with van der Waals surface area (Å²) >= 11 is 4.70. The molecule has 0 fully saturated rings. The molecule has 0 bridgehead atoms. The summed E-state index contributed by atoms with van der Waals surface area (Å²) in [7, 11) is 3.11. The average molecular weight is 490 g/mol. The molecule has 1 aliphatic heterocycles. The van der Waals surface area contributed by atoms with Gasteiger partial charge in [0.05, 0.1) is 31.4 Å². The van der Waals surface area contributed by atoms with Crippen molar-refractivity contribution < 1.29 is 24.1 Å². The van der Waals surface area contributed by atoms with E-state index in [-0.39, 0.29) is 17.9 Å². The third-order valence-electron chi connectivity index (χ3n) is 4.15. The molecule has 2 aromatic carbocycles. The molecule has 2 aromatic rings. The Kier molecular flexibility index (Phi) is 7.23. The van der Waals surface area contributed by atoms with Gasteiger partial charge in [-0.05, 0) is 42.8 Å². The number of aliphatic hydroxyl groups is 1. The first kappa shape index (κ1) is 22.0. The van der Waals surface area contributed by atoms with Gasteiger partial charge in [0.25, 0.3) is 0 Å². The minimum Gasteiger partial charge on any atom is -0.506 e. The van der Waals surface area contributed by atoms with Crippen molar-refractivity contribution in [2.45, 2.75) is 6.92 Å². The van der Waals surface area contributed by atoms with Crippen molar-refractivity contribution in [3.05, 3.63) is 68.7 Å². The highest BCUT2D eigenvalue weighted by Gasteiger charge is 2.33. The van der Waals surface area contributed by atoms with Crippen LogP contribution in [0.15, 0.2) is 68.2 Å². The SMILES string of the molecule is CCOC(=O)C1=C(O)/C(=C/c2cc(OC)c(OC)cc2Br)SC1=Nc1ccccc1. The molecule has 3 rings (SSSR count). The lowest BCUT2D eigenvalue weighted by molar-refractivity contribution is -0.138. The van der Waals surface area contributed by atoms with Crippen molar-refractivity contribution in [2.75, 3.05) is 20.8 Å². The standard InChI is InChI=1S/C22H20BrNO5S/c1-4-29-22(26)19-20(25)18(30-21(19)24-14-8-6-5-7-9-14)11-13-10-16(27-2)17(28-3)12-15(13)23/h5-12,25H,4H2,1-3H3/b18-11-,24-21?. The Morgan fingerprint density at radius 3 is 2.47 bits per heavy atom. The van der Waals surface area contributed by atoms with Crippen LogP contribution in [0.25, 0.3) is 6.08 Å². The maximum absolute atomic E-state index is 12.5. The summed E-state index contributed by atoms with van der Waals surface area (Å²) in [6, 6.07) is 12.8. The highest BCUT2D eigenvalue weighted by molar-refractivity contribution is 9.10. The number of aliphatic hydroxyl groups excluding tert-OH is 1. The predicted octanol–water partition coefficient (Wildman–Crippen LogP) is 5.66. The third kappa shape index (κ3) is 4.71. The van der Waals surface area contributed by atoms with Crippen LogP contribution >= 0.6 is 27.7 Å². The summed E-state index contributed by atoms with van der Waals surface area (Å²) in [5, 5.41) is 11.2. The summed E-state index contributed by atoms with van der Waals surface area (Å²) < 4.78 is 16.5. The summed E-state index contributed by atoms with van der Waals surface area (Å²) in [4.78, 5) is 17.5. The van der Waals surface area contributed by atoms with Crippen LogP contribution in [0.1, 0.15) is 12.5 Å². The predicted molar refractivity (Wildman–Crippen MR) is 123 cm³/mol. The number of hydrogen-bond acceptors (Lipinski definition) is 7. The van der Waals surface area contributed by atoms with Crippen LogP contribution < -0.4 is 9.47 Å². The lowest BCUT2D eigenvalue weighted by Gasteiger charge is -2.10. The second-order valence-corrected chi connectivity index (χ2v) is 7.92. The van der Waals surface area contributed by atoms with Crippen molar-refractivity contribution in [1.29, 1.82) is 0 Å². The van der Waals surface area contributed by atoms with E-state index in [1.54, 1.807) is 39.4 Å². The van der Waals surface area contributed by atoms with Gasteiger partial charge in [0.15, 0.2) is 11.5 Å². The molecule has 0 aliphatic carbocycles. The number of halogens is 1. The molecule has 8 heteroatoms. The van der Waals surface area contributed by atoms with E-state index in [0.29, 0.717) is 27.1 Å². The number of thioether (sulfide) groups is 1. The fraction of sp³-hybridized carbons (Fsp3) is 0.182. The molecular weight excluding hydrogens is 470 g/mol. The number of rotatable bonds is 6. The molecule has 1 aliphatic rings. The van der Waals surface area contributed by atoms with Gasteiger partial charge in [0.2, 0.25) is 0 Å². The number of aliphatic imine (C=N–C) groups is 1. The Balaban J connectivity index is 2.08. The Hall–Kier alpha value is -2.71. The summed E-state index contributed by atoms with van der Waals surface area (Å²) in [5.74, 6) is 0.327. The molecule has 0 saturated heterocycles. The molecule has 156 valence electrons. The molecule has 0 amide bonds. The Morgan fingerprint density at radius 1 is 1.17 bits per heavy atom. The second kappa shape index (κ2) is 9.86. The van der Waals surface area contributed by atoms with Gasteiger partial charge in [-0.25, -0.2) is 9.79 Å². The van der Waals surface area contributed by atoms with E-state index in [1.807, 2.05) is 30.3 Å². The van der Waals surface area contributed by atoms with Gasteiger partial charge in [-0.2, -0.15) is 0 Å². The van der Waals surface area contributed by atoms with E-state index < -0.39 is 5.97 Å². The van der Waals surface area contributed by atoms with E-state index in [9.17, 15) is 9.90 Å². The highest BCUT2D eigenvalue weighted by Crippen LogP contribution is 2.42. The van der Waals surface area contributed by atoms with Gasteiger partial charge in [-0.15, -0.1) is 0 Å². The summed E-state index contributed by atoms with van der Waals surface area (Å²) in [6.45, 7) is 1.91. The zero-order chi connectivity index (χ0) is 21.7. The largest absolute Gasteiger partial charge is 0.506 e. The minimum atomic E-state index is -0.619. The zero-order valence-corrected chi connectivity index (χ0v) is 19.0. The quantitative estimate of drug-likeness (QED) is 0.527. The molecule has 30 heavy (non-hydrogen) atoms. The highest BCUT2D eigenvalue weighted by atomic mass is 79.9. The molecule has 0 radical (unpaired) electrons. The monoisotopic (exact) mass is 489 g/mol. The third-order valence-corrected chi connectivity index (χ3v) is 5.85. The van der Waals surface area contributed by atoms with Gasteiger partial charge in [-0.3, -0.25) is 0 Å². The number of carbonyl (C=O) groups excluding carboxylic acids is 1. The number of para-hydroxylation sites is 1. The number of ether oxygens (including phenoxy) is 3. The summed E-state index contributed by atoms with van der Waals surface area (Å²) in [6.07, 6.45) is 1.75. The van der Waals surface area contributed by atoms with Gasteiger partial charge in [-0.1, -0.05) is 45.9 Å². The number of nitrogens with zero attached hydrogens (tertiary/aromatic N) is 1. The maximum Gasteiger partial charge on any atom is 0.344 e. The number of carbonyl (C=O) groups is 1. The van der Waals surface area contributed by atoms with Crippen molar-refractivity contribution in [3.63, 3.8) is 0 Å². The average Bonchev–Trinajstić information content (AvgIpc) is 3.04. The molecule has 6 nitrogen and oxygen atoms in total. The molecule has 1 N–H and O–H groups in total. The Morgan fingerprint density at radius 2 is 1.83 bits per heavy atom. The number of hydrogen-bond donors (Lipinski definition) is 1. The molecule has 0 atom stereocenters. The van der Waals surface area contributed by atoms with Crippen molar-refractivity contribution in [2.24, 2.45) is 4.99 Å². The number of benzene rings is 2. The lowest BCUT2D eigenvalue weighted by atomic mass is 10.1. The first-order valence-corrected chi connectivity index (χ1v) is 10.6. The van der Waals surface area contributed by atoms with Crippen molar-refractivity contribution >= 4 is 50.5 Å². The Labute approximate surface area is 187 Å². The van der Waals surface area contributed by atoms with Crippen LogP contribution in [0.3, 0.4) is 0 Å². The fourth-order valence-corrected chi connectivity index (χ4v) is 4.20. The first-order chi connectivity index (χ1) is 14.5. The van der Waals surface area contributed by atoms with Crippen LogP contribution in [0, 0.1) is 0 Å². The van der Waals surface area contributed by atoms with E-state index in [0.717, 1.165) is 10.0 Å². The smallest absolute Gasteiger partial charge is 0.344 e. The molecular formula is C22H20BrNO5S. The van der Waals surface area contributed by atoms with Gasteiger partial charge < -0.3 is 19.3 Å². The lowest BCUT2D eigenvalue weighted by Crippen LogP contribution is -2.12. The van der Waals surface area contributed by atoms with Crippen LogP contribution in [-0.2, 0) is 9.53 Å². The van der Waals surface area contributed by atoms with E-state index in [4.69, 9.17) is 14.2 Å². The van der Waals surface area contributed by atoms with Gasteiger partial charge in [0, 0.05) is 4.47 Å². The van der Waals surface area contributed by atoms with E-state index in [2.05, 4.69) is 20.9 Å². The van der Waals surface area contributed by atoms with Crippen LogP contribution in [-0.4, -0.2) is 36.9 Å². The minimum absolute atomic E-state index is 0.0496.